The molecule has 1 saturated carbocycles. The minimum Gasteiger partial charge on any atom is -0.497 e. The molecular weight excluding hydrogens is 526 g/mol. The van der Waals surface area contributed by atoms with Crippen molar-refractivity contribution in [2.24, 2.45) is 11.8 Å². The third kappa shape index (κ3) is 10.8. The van der Waals surface area contributed by atoms with E-state index >= 15 is 0 Å². The van der Waals surface area contributed by atoms with Gasteiger partial charge in [0, 0.05) is 37.3 Å². The van der Waals surface area contributed by atoms with Gasteiger partial charge in [-0.3, -0.25) is 9.59 Å². The standard InChI is InChI=1S/C36H57NO5/c1-5-6-9-12-30(38)19-15-28-16-22-33(39)32(28)13-10-7-8-11-14-34(40)37-25-23-36(24-26-42-35(2,3)27-36)29-17-20-31(41-4)21-18-29/h15,17-21,28,30,32,38H,5-14,16,22-27H2,1-4H3,(H,37,40)/b19-15+/t28-,30-,32+,36-/m0/s1. The van der Waals surface area contributed by atoms with Crippen LogP contribution in [0.3, 0.4) is 0 Å². The highest BCUT2D eigenvalue weighted by atomic mass is 16.5. The lowest BCUT2D eigenvalue weighted by Crippen LogP contribution is -2.45. The summed E-state index contributed by atoms with van der Waals surface area (Å²) in [6.07, 6.45) is 17.5. The number of ketones is 1. The molecule has 1 aromatic rings. The number of aliphatic hydroxyl groups is 1. The molecule has 0 bridgehead atoms. The van der Waals surface area contributed by atoms with E-state index in [-0.39, 0.29) is 28.8 Å². The van der Waals surface area contributed by atoms with E-state index in [1.165, 1.54) is 5.56 Å². The molecule has 4 atom stereocenters. The van der Waals surface area contributed by atoms with Crippen molar-refractivity contribution in [3.8, 4) is 5.75 Å². The van der Waals surface area contributed by atoms with E-state index in [4.69, 9.17) is 9.47 Å². The van der Waals surface area contributed by atoms with Crippen LogP contribution in [0.1, 0.15) is 123 Å². The maximum Gasteiger partial charge on any atom is 0.219 e. The van der Waals surface area contributed by atoms with Gasteiger partial charge in [0.2, 0.25) is 5.91 Å². The minimum atomic E-state index is -0.393. The van der Waals surface area contributed by atoms with Crippen molar-refractivity contribution in [1.29, 1.82) is 0 Å². The van der Waals surface area contributed by atoms with Gasteiger partial charge in [0.25, 0.3) is 0 Å². The molecule has 0 radical (unpaired) electrons. The molecule has 2 aliphatic rings. The van der Waals surface area contributed by atoms with E-state index in [1.807, 2.05) is 18.2 Å². The number of allylic oxidation sites excluding steroid dienone is 1. The van der Waals surface area contributed by atoms with Crippen molar-refractivity contribution < 1.29 is 24.2 Å². The van der Waals surface area contributed by atoms with E-state index in [9.17, 15) is 14.7 Å². The molecule has 0 spiro atoms. The highest BCUT2D eigenvalue weighted by Gasteiger charge is 2.41. The largest absolute Gasteiger partial charge is 0.497 e. The Labute approximate surface area is 255 Å². The number of benzene rings is 1. The van der Waals surface area contributed by atoms with Crippen LogP contribution in [0.5, 0.6) is 5.75 Å². The zero-order valence-electron chi connectivity index (χ0n) is 26.8. The Balaban J connectivity index is 1.35. The lowest BCUT2D eigenvalue weighted by Gasteiger charge is -2.45. The van der Waals surface area contributed by atoms with Crippen molar-refractivity contribution in [3.05, 3.63) is 42.0 Å². The van der Waals surface area contributed by atoms with Crippen molar-refractivity contribution in [2.45, 2.75) is 134 Å². The lowest BCUT2D eigenvalue weighted by atomic mass is 9.67. The minimum absolute atomic E-state index is 0.0286. The van der Waals surface area contributed by atoms with Gasteiger partial charge in [-0.05, 0) is 82.4 Å². The maximum atomic E-state index is 12.6. The highest BCUT2D eigenvalue weighted by Crippen LogP contribution is 2.44. The molecule has 1 saturated heterocycles. The molecule has 3 rings (SSSR count). The van der Waals surface area contributed by atoms with Gasteiger partial charge in [-0.2, -0.15) is 0 Å². The summed E-state index contributed by atoms with van der Waals surface area (Å²) in [6, 6.07) is 8.38. The van der Waals surface area contributed by atoms with E-state index in [0.29, 0.717) is 25.2 Å². The number of carbonyl (C=O) groups excluding carboxylic acids is 2. The van der Waals surface area contributed by atoms with Crippen LogP contribution < -0.4 is 10.1 Å². The summed E-state index contributed by atoms with van der Waals surface area (Å²) in [7, 11) is 1.69. The number of carbonyl (C=O) groups is 2. The molecule has 2 N–H and O–H groups in total. The molecule has 1 aliphatic heterocycles. The molecule has 1 aliphatic carbocycles. The van der Waals surface area contributed by atoms with Crippen LogP contribution in [0, 0.1) is 11.8 Å². The number of ether oxygens (including phenoxy) is 2. The van der Waals surface area contributed by atoms with E-state index in [0.717, 1.165) is 95.8 Å². The smallest absolute Gasteiger partial charge is 0.219 e. The van der Waals surface area contributed by atoms with Crippen LogP contribution in [0.15, 0.2) is 36.4 Å². The van der Waals surface area contributed by atoms with Gasteiger partial charge in [0.05, 0.1) is 18.8 Å². The third-order valence-electron chi connectivity index (χ3n) is 9.47. The Hall–Kier alpha value is -2.18. The number of aliphatic hydroxyl groups excluding tert-OH is 1. The first-order valence-corrected chi connectivity index (χ1v) is 16.6. The predicted octanol–water partition coefficient (Wildman–Crippen LogP) is 7.46. The van der Waals surface area contributed by atoms with Crippen LogP contribution >= 0.6 is 0 Å². The average Bonchev–Trinajstić information content (AvgIpc) is 3.32. The summed E-state index contributed by atoms with van der Waals surface area (Å²) < 4.78 is 11.4. The lowest BCUT2D eigenvalue weighted by molar-refractivity contribution is -0.122. The summed E-state index contributed by atoms with van der Waals surface area (Å²) >= 11 is 0. The first-order valence-electron chi connectivity index (χ1n) is 16.6. The van der Waals surface area contributed by atoms with Crippen LogP contribution in [-0.4, -0.2) is 48.8 Å². The first kappa shape index (κ1) is 34.3. The molecule has 0 unspecified atom stereocenters. The summed E-state index contributed by atoms with van der Waals surface area (Å²) in [5.41, 5.74) is 1.06. The maximum absolute atomic E-state index is 12.6. The molecule has 1 aromatic carbocycles. The van der Waals surface area contributed by atoms with Gasteiger partial charge in [-0.1, -0.05) is 69.7 Å². The number of Topliss-reactive ketones (excluding diaryl/α,β-unsaturated/α-hetero) is 1. The molecule has 6 heteroatoms. The fourth-order valence-electron chi connectivity index (χ4n) is 7.07. The normalized spacial score (nSPS) is 24.6. The summed E-state index contributed by atoms with van der Waals surface area (Å²) in [6.45, 7) is 7.86. The summed E-state index contributed by atoms with van der Waals surface area (Å²) in [5.74, 6) is 1.73. The number of hydrogen-bond donors (Lipinski definition) is 2. The zero-order chi connectivity index (χ0) is 30.4. The van der Waals surface area contributed by atoms with Crippen molar-refractivity contribution in [2.75, 3.05) is 20.3 Å². The van der Waals surface area contributed by atoms with E-state index in [2.05, 4.69) is 44.3 Å². The van der Waals surface area contributed by atoms with Gasteiger partial charge in [-0.15, -0.1) is 0 Å². The molecule has 1 amide bonds. The number of amides is 1. The van der Waals surface area contributed by atoms with Gasteiger partial charge in [-0.25, -0.2) is 0 Å². The molecule has 0 aromatic heterocycles. The number of methoxy groups -OCH3 is 1. The van der Waals surface area contributed by atoms with Crippen molar-refractivity contribution in [3.63, 3.8) is 0 Å². The molecule has 2 fully saturated rings. The number of nitrogens with one attached hydrogen (secondary N) is 1. The second-order valence-corrected chi connectivity index (χ2v) is 13.3. The average molecular weight is 584 g/mol. The van der Waals surface area contributed by atoms with Gasteiger partial charge in [0.1, 0.15) is 11.5 Å². The number of rotatable bonds is 18. The quantitative estimate of drug-likeness (QED) is 0.138. The zero-order valence-corrected chi connectivity index (χ0v) is 26.8. The Morgan fingerprint density at radius 3 is 2.62 bits per heavy atom. The SMILES string of the molecule is CCCCC[C@H](O)/C=C/[C@H]1CCC(=O)[C@@H]1CCCCCCC(=O)NCC[C@]1(c2ccc(OC)cc2)CCOC(C)(C)C1. The Kier molecular flexibility index (Phi) is 14.1. The Morgan fingerprint density at radius 1 is 1.14 bits per heavy atom. The van der Waals surface area contributed by atoms with E-state index in [1.54, 1.807) is 7.11 Å². The molecule has 6 nitrogen and oxygen atoms in total. The summed E-state index contributed by atoms with van der Waals surface area (Å²) in [5, 5.41) is 13.4. The van der Waals surface area contributed by atoms with Gasteiger partial charge >= 0.3 is 0 Å². The van der Waals surface area contributed by atoms with Crippen LogP contribution in [0.4, 0.5) is 0 Å². The number of unbranched alkanes of at least 4 members (excludes halogenated alkanes) is 5. The molecule has 42 heavy (non-hydrogen) atoms. The molecule has 236 valence electrons. The predicted molar refractivity (Wildman–Crippen MR) is 170 cm³/mol. The van der Waals surface area contributed by atoms with Crippen molar-refractivity contribution in [1.82, 2.24) is 5.32 Å². The molecule has 1 heterocycles. The summed E-state index contributed by atoms with van der Waals surface area (Å²) in [4.78, 5) is 25.1. The second kappa shape index (κ2) is 17.2. The van der Waals surface area contributed by atoms with Crippen LogP contribution in [0.2, 0.25) is 0 Å². The monoisotopic (exact) mass is 583 g/mol. The van der Waals surface area contributed by atoms with Crippen molar-refractivity contribution >= 4 is 11.7 Å². The van der Waals surface area contributed by atoms with Gasteiger partial charge < -0.3 is 19.9 Å². The highest BCUT2D eigenvalue weighted by molar-refractivity contribution is 5.83. The fourth-order valence-corrected chi connectivity index (χ4v) is 7.07. The van der Waals surface area contributed by atoms with E-state index < -0.39 is 6.10 Å². The topological polar surface area (TPSA) is 84.9 Å². The first-order chi connectivity index (χ1) is 20.2. The Morgan fingerprint density at radius 2 is 1.90 bits per heavy atom. The molecular formula is C36H57NO5. The third-order valence-corrected chi connectivity index (χ3v) is 9.47. The van der Waals surface area contributed by atoms with Gasteiger partial charge in [0.15, 0.2) is 0 Å². The second-order valence-electron chi connectivity index (χ2n) is 13.3. The Bertz CT molecular complexity index is 987. The van der Waals surface area contributed by atoms with Crippen LogP contribution in [-0.2, 0) is 19.7 Å². The number of hydrogen-bond acceptors (Lipinski definition) is 5. The fraction of sp³-hybridized carbons (Fsp3) is 0.722. The van der Waals surface area contributed by atoms with Crippen LogP contribution in [0.25, 0.3) is 0 Å².